The number of primary amides is 1. The van der Waals surface area contributed by atoms with Crippen molar-refractivity contribution in [1.82, 2.24) is 15.0 Å². The molecular weight excluding hydrogens is 499 g/mol. The number of aromatic nitrogens is 3. The van der Waals surface area contributed by atoms with Gasteiger partial charge in [-0.3, -0.25) is 9.32 Å². The topological polar surface area (TPSA) is 187 Å². The van der Waals surface area contributed by atoms with E-state index >= 15 is 0 Å². The summed E-state index contributed by atoms with van der Waals surface area (Å²) in [5, 5.41) is 3.88. The highest BCUT2D eigenvalue weighted by atomic mass is 32.2. The third kappa shape index (κ3) is 7.36. The second kappa shape index (κ2) is 11.0. The SMILES string of the molecule is CC(C)C[C@H](COP(=O)(O)O)Nc1nc(SC(C)c2cccc(C(N)=O)c2)nc2nc(N)sc12. The van der Waals surface area contributed by atoms with E-state index in [9.17, 15) is 9.36 Å². The number of hydrogen-bond acceptors (Lipinski definition) is 10. The number of nitrogens with one attached hydrogen (secondary N) is 1. The maximum atomic E-state index is 11.5. The number of benzene rings is 1. The Balaban J connectivity index is 1.90. The minimum atomic E-state index is -4.62. The number of rotatable bonds is 11. The highest BCUT2D eigenvalue weighted by molar-refractivity contribution is 7.99. The number of nitrogens with zero attached hydrogens (tertiary/aromatic N) is 3. The number of phosphoric acid groups is 1. The summed E-state index contributed by atoms with van der Waals surface area (Å²) in [5.74, 6) is 0.183. The second-order valence-corrected chi connectivity index (χ2v) is 11.6. The molecule has 0 saturated heterocycles. The van der Waals surface area contributed by atoms with E-state index in [1.807, 2.05) is 26.8 Å². The zero-order chi connectivity index (χ0) is 25.0. The second-order valence-electron chi connectivity index (χ2n) is 8.07. The van der Waals surface area contributed by atoms with Crippen molar-refractivity contribution in [3.05, 3.63) is 35.4 Å². The molecule has 0 spiro atoms. The minimum absolute atomic E-state index is 0.106. The summed E-state index contributed by atoms with van der Waals surface area (Å²) >= 11 is 2.58. The maximum absolute atomic E-state index is 11.5. The normalized spacial score (nSPS) is 13.8. The van der Waals surface area contributed by atoms with Gasteiger partial charge in [-0.25, -0.2) is 19.5 Å². The molecule has 2 atom stereocenters. The Kier molecular flexibility index (Phi) is 8.50. The lowest BCUT2D eigenvalue weighted by atomic mass is 10.0. The van der Waals surface area contributed by atoms with E-state index in [1.54, 1.807) is 18.2 Å². The van der Waals surface area contributed by atoms with Gasteiger partial charge in [0.2, 0.25) is 5.91 Å². The van der Waals surface area contributed by atoms with Crippen molar-refractivity contribution < 1.29 is 23.7 Å². The summed E-state index contributed by atoms with van der Waals surface area (Å²) in [6.07, 6.45) is 0.582. The predicted molar refractivity (Wildman–Crippen MR) is 134 cm³/mol. The summed E-state index contributed by atoms with van der Waals surface area (Å²) in [7, 11) is -4.62. The van der Waals surface area contributed by atoms with Crippen LogP contribution >= 0.6 is 30.9 Å². The van der Waals surface area contributed by atoms with Gasteiger partial charge in [-0.2, -0.15) is 0 Å². The molecule has 0 bridgehead atoms. The largest absolute Gasteiger partial charge is 0.469 e. The summed E-state index contributed by atoms with van der Waals surface area (Å²) < 4.78 is 16.6. The molecule has 1 unspecified atom stereocenters. The van der Waals surface area contributed by atoms with Crippen molar-refractivity contribution in [2.24, 2.45) is 11.7 Å². The average molecular weight is 527 g/mol. The molecule has 1 amide bonds. The highest BCUT2D eigenvalue weighted by Gasteiger charge is 2.22. The predicted octanol–water partition coefficient (Wildman–Crippen LogP) is 3.56. The number of amides is 1. The Labute approximate surface area is 205 Å². The molecule has 2 aromatic heterocycles. The van der Waals surface area contributed by atoms with Gasteiger partial charge in [0.1, 0.15) is 4.70 Å². The van der Waals surface area contributed by atoms with Crippen LogP contribution in [0.2, 0.25) is 0 Å². The molecular formula is C20H27N6O5PS2. The van der Waals surface area contributed by atoms with E-state index in [-0.39, 0.29) is 17.8 Å². The highest BCUT2D eigenvalue weighted by Crippen LogP contribution is 2.38. The molecule has 1 aromatic carbocycles. The van der Waals surface area contributed by atoms with Crippen LogP contribution in [0, 0.1) is 5.92 Å². The van der Waals surface area contributed by atoms with E-state index < -0.39 is 19.8 Å². The fourth-order valence-corrected chi connectivity index (χ4v) is 5.24. The number of anilines is 2. The number of carbonyl (C=O) groups excluding carboxylic acids is 1. The third-order valence-electron chi connectivity index (χ3n) is 4.71. The number of carbonyl (C=O) groups is 1. The quantitative estimate of drug-likeness (QED) is 0.140. The molecule has 14 heteroatoms. The number of phosphoric ester groups is 1. The van der Waals surface area contributed by atoms with Crippen LogP contribution in [0.15, 0.2) is 29.4 Å². The van der Waals surface area contributed by atoms with Crippen LogP contribution in [-0.4, -0.2) is 43.3 Å². The van der Waals surface area contributed by atoms with Crippen molar-refractivity contribution in [3.63, 3.8) is 0 Å². The molecule has 0 aliphatic heterocycles. The van der Waals surface area contributed by atoms with Gasteiger partial charge in [0.25, 0.3) is 0 Å². The van der Waals surface area contributed by atoms with Crippen molar-refractivity contribution in [1.29, 1.82) is 0 Å². The molecule has 3 rings (SSSR count). The molecule has 0 aliphatic rings. The zero-order valence-corrected chi connectivity index (χ0v) is 21.4. The number of thioether (sulfide) groups is 1. The van der Waals surface area contributed by atoms with Crippen LogP contribution in [-0.2, 0) is 9.09 Å². The summed E-state index contributed by atoms with van der Waals surface area (Å²) in [6, 6.07) is 6.62. The van der Waals surface area contributed by atoms with Crippen LogP contribution in [0.3, 0.4) is 0 Å². The molecule has 184 valence electrons. The van der Waals surface area contributed by atoms with E-state index in [0.29, 0.717) is 38.4 Å². The monoisotopic (exact) mass is 526 g/mol. The molecule has 2 heterocycles. The van der Waals surface area contributed by atoms with Crippen LogP contribution in [0.5, 0.6) is 0 Å². The number of fused-ring (bicyclic) bond motifs is 1. The maximum Gasteiger partial charge on any atom is 0.469 e. The number of hydrogen-bond donors (Lipinski definition) is 5. The molecule has 0 aliphatic carbocycles. The van der Waals surface area contributed by atoms with Gasteiger partial charge >= 0.3 is 7.82 Å². The van der Waals surface area contributed by atoms with Crippen LogP contribution in [0.1, 0.15) is 48.4 Å². The summed E-state index contributed by atoms with van der Waals surface area (Å²) in [5.41, 5.74) is 13.0. The van der Waals surface area contributed by atoms with Gasteiger partial charge in [-0.05, 0) is 37.0 Å². The molecule has 0 radical (unpaired) electrons. The lowest BCUT2D eigenvalue weighted by molar-refractivity contribution is 0.1000. The molecule has 34 heavy (non-hydrogen) atoms. The Morgan fingerprint density at radius 3 is 2.65 bits per heavy atom. The first kappa shape index (κ1) is 26.3. The van der Waals surface area contributed by atoms with Crippen molar-refractivity contribution in [2.45, 2.75) is 43.6 Å². The van der Waals surface area contributed by atoms with Gasteiger partial charge in [-0.15, -0.1) is 0 Å². The third-order valence-corrected chi connectivity index (χ3v) is 7.10. The van der Waals surface area contributed by atoms with Crippen LogP contribution < -0.4 is 16.8 Å². The van der Waals surface area contributed by atoms with E-state index in [1.165, 1.54) is 23.1 Å². The van der Waals surface area contributed by atoms with Crippen LogP contribution in [0.4, 0.5) is 10.9 Å². The summed E-state index contributed by atoms with van der Waals surface area (Å²) in [4.78, 5) is 43.2. The molecule has 3 aromatic rings. The zero-order valence-electron chi connectivity index (χ0n) is 18.8. The molecule has 0 fully saturated rings. The smallest absolute Gasteiger partial charge is 0.375 e. The Hall–Kier alpha value is -2.28. The fraction of sp³-hybridized carbons (Fsp3) is 0.400. The lowest BCUT2D eigenvalue weighted by Gasteiger charge is -2.22. The first-order valence-electron chi connectivity index (χ1n) is 10.4. The molecule has 11 nitrogen and oxygen atoms in total. The minimum Gasteiger partial charge on any atom is -0.375 e. The van der Waals surface area contributed by atoms with Gasteiger partial charge in [-0.1, -0.05) is 49.1 Å². The Bertz CT molecular complexity index is 1220. The Morgan fingerprint density at radius 1 is 1.26 bits per heavy atom. The first-order valence-corrected chi connectivity index (χ1v) is 13.6. The van der Waals surface area contributed by atoms with Crippen LogP contribution in [0.25, 0.3) is 10.3 Å². The number of thiazole rings is 1. The van der Waals surface area contributed by atoms with Gasteiger partial charge < -0.3 is 26.6 Å². The van der Waals surface area contributed by atoms with E-state index in [4.69, 9.17) is 25.8 Å². The Morgan fingerprint density at radius 2 is 2.00 bits per heavy atom. The number of nitrogens with two attached hydrogens (primary N) is 2. The van der Waals surface area contributed by atoms with Gasteiger partial charge in [0.15, 0.2) is 21.8 Å². The van der Waals surface area contributed by atoms with Crippen molar-refractivity contribution in [2.75, 3.05) is 17.7 Å². The van der Waals surface area contributed by atoms with Crippen molar-refractivity contribution >= 4 is 58.1 Å². The van der Waals surface area contributed by atoms with E-state index in [0.717, 1.165) is 5.56 Å². The molecule has 0 saturated carbocycles. The molecule has 7 N–H and O–H groups in total. The average Bonchev–Trinajstić information content (AvgIpc) is 3.11. The van der Waals surface area contributed by atoms with Gasteiger partial charge in [0.05, 0.1) is 12.6 Å². The van der Waals surface area contributed by atoms with Gasteiger partial charge in [0, 0.05) is 10.8 Å². The summed E-state index contributed by atoms with van der Waals surface area (Å²) in [6.45, 7) is 5.74. The van der Waals surface area contributed by atoms with Crippen molar-refractivity contribution in [3.8, 4) is 0 Å². The fourth-order valence-electron chi connectivity index (χ4n) is 3.26. The standard InChI is InChI=1S/C20H27N6O5PS2/c1-10(2)7-14(9-31-32(28,29)30)23-17-15-18(24-19(22)34-15)26-20(25-17)33-11(3)12-5-4-6-13(8-12)16(21)27/h4-6,8,10-11,14H,7,9H2,1-3H3,(H2,21,27)(H2,28,29,30)(H3,22,23,24,25,26)/t11?,14-/m1/s1. The first-order chi connectivity index (χ1) is 15.9. The number of nitrogen functional groups attached to an aromatic ring is 1. The van der Waals surface area contributed by atoms with E-state index in [2.05, 4.69) is 20.3 Å². The lowest BCUT2D eigenvalue weighted by Crippen LogP contribution is -2.27.